The number of aryl methyl sites for hydroxylation is 1. The minimum absolute atomic E-state index is 0. The van der Waals surface area contributed by atoms with Crippen LogP contribution in [0.5, 0.6) is 11.5 Å². The van der Waals surface area contributed by atoms with E-state index in [1.165, 1.54) is 5.56 Å². The number of aliphatic imine (C=N–C) groups is 1. The van der Waals surface area contributed by atoms with Gasteiger partial charge in [0, 0.05) is 46.3 Å². The predicted octanol–water partition coefficient (Wildman–Crippen LogP) is 3.40. The zero-order chi connectivity index (χ0) is 21.0. The molecule has 1 aromatic rings. The first-order valence-electron chi connectivity index (χ1n) is 10.6. The van der Waals surface area contributed by atoms with Gasteiger partial charge in [-0.05, 0) is 44.4 Å². The van der Waals surface area contributed by atoms with Crippen LogP contribution < -0.4 is 20.1 Å². The van der Waals surface area contributed by atoms with Crippen LogP contribution >= 0.6 is 24.0 Å². The van der Waals surface area contributed by atoms with Gasteiger partial charge in [-0.2, -0.15) is 0 Å². The van der Waals surface area contributed by atoms with Gasteiger partial charge in [0.2, 0.25) is 0 Å². The van der Waals surface area contributed by atoms with Gasteiger partial charge in [0.15, 0.2) is 17.5 Å². The van der Waals surface area contributed by atoms with Crippen LogP contribution in [0.3, 0.4) is 0 Å². The van der Waals surface area contributed by atoms with Crippen molar-refractivity contribution in [2.45, 2.75) is 45.1 Å². The third-order valence-corrected chi connectivity index (χ3v) is 5.17. The number of nitrogens with zero attached hydrogens (tertiary/aromatic N) is 1. The molecule has 0 bridgehead atoms. The minimum Gasteiger partial charge on any atom is -0.493 e. The van der Waals surface area contributed by atoms with E-state index in [4.69, 9.17) is 23.9 Å². The molecule has 0 atom stereocenters. The predicted molar refractivity (Wildman–Crippen MR) is 132 cm³/mol. The molecule has 7 nitrogen and oxygen atoms in total. The normalized spacial score (nSPS) is 15.8. The van der Waals surface area contributed by atoms with Gasteiger partial charge in [0.05, 0.1) is 25.9 Å². The van der Waals surface area contributed by atoms with Crippen molar-refractivity contribution in [2.24, 2.45) is 4.99 Å². The van der Waals surface area contributed by atoms with Gasteiger partial charge in [0.1, 0.15) is 0 Å². The molecule has 1 saturated heterocycles. The maximum atomic E-state index is 5.78. The molecule has 0 aromatic heterocycles. The number of methoxy groups -OCH3 is 2. The first kappa shape index (κ1) is 26.8. The summed E-state index contributed by atoms with van der Waals surface area (Å²) < 4.78 is 22.3. The van der Waals surface area contributed by atoms with E-state index < -0.39 is 0 Å². The molecule has 0 unspecified atom stereocenters. The molecule has 172 valence electrons. The standard InChI is InChI=1S/C22H37N3O4.HI/c1-5-23-21(25-17-22(27-4)11-14-28-15-12-22)24-13-7-8-18-9-10-19(26-3)20(16-18)29-6-2;/h9-10,16H,5-8,11-15,17H2,1-4H3,(H2,23,24,25);1H. The lowest BCUT2D eigenvalue weighted by molar-refractivity contribution is -0.0828. The third-order valence-electron chi connectivity index (χ3n) is 5.17. The molecule has 1 aromatic carbocycles. The zero-order valence-electron chi connectivity index (χ0n) is 18.8. The summed E-state index contributed by atoms with van der Waals surface area (Å²) >= 11 is 0. The molecule has 1 fully saturated rings. The highest BCUT2D eigenvalue weighted by molar-refractivity contribution is 14.0. The maximum Gasteiger partial charge on any atom is 0.191 e. The van der Waals surface area contributed by atoms with Crippen molar-refractivity contribution in [3.05, 3.63) is 23.8 Å². The van der Waals surface area contributed by atoms with Crippen LogP contribution in [0.15, 0.2) is 23.2 Å². The van der Waals surface area contributed by atoms with Gasteiger partial charge in [0.25, 0.3) is 0 Å². The average molecular weight is 535 g/mol. The highest BCUT2D eigenvalue weighted by atomic mass is 127. The van der Waals surface area contributed by atoms with E-state index in [2.05, 4.69) is 29.7 Å². The lowest BCUT2D eigenvalue weighted by Gasteiger charge is -2.34. The summed E-state index contributed by atoms with van der Waals surface area (Å²) in [6.07, 6.45) is 3.71. The summed E-state index contributed by atoms with van der Waals surface area (Å²) in [4.78, 5) is 4.76. The first-order chi connectivity index (χ1) is 14.2. The van der Waals surface area contributed by atoms with Crippen molar-refractivity contribution in [3.63, 3.8) is 0 Å². The fraction of sp³-hybridized carbons (Fsp3) is 0.682. The Balaban J connectivity index is 0.00000450. The fourth-order valence-corrected chi connectivity index (χ4v) is 3.38. The molecule has 30 heavy (non-hydrogen) atoms. The Kier molecular flexibility index (Phi) is 13.1. The number of ether oxygens (including phenoxy) is 4. The number of hydrogen-bond acceptors (Lipinski definition) is 5. The van der Waals surface area contributed by atoms with Gasteiger partial charge < -0.3 is 29.6 Å². The van der Waals surface area contributed by atoms with E-state index in [1.807, 2.05) is 13.0 Å². The Labute approximate surface area is 198 Å². The van der Waals surface area contributed by atoms with Crippen molar-refractivity contribution in [3.8, 4) is 11.5 Å². The van der Waals surface area contributed by atoms with E-state index in [-0.39, 0.29) is 29.6 Å². The monoisotopic (exact) mass is 535 g/mol. The molecular formula is C22H38IN3O4. The Bertz CT molecular complexity index is 637. The van der Waals surface area contributed by atoms with Crippen molar-refractivity contribution >= 4 is 29.9 Å². The molecule has 1 aliphatic rings. The summed E-state index contributed by atoms with van der Waals surface area (Å²) in [6, 6.07) is 6.13. The zero-order valence-corrected chi connectivity index (χ0v) is 21.1. The van der Waals surface area contributed by atoms with Crippen LogP contribution in [0.2, 0.25) is 0 Å². The molecule has 8 heteroatoms. The minimum atomic E-state index is -0.209. The summed E-state index contributed by atoms with van der Waals surface area (Å²) in [5.74, 6) is 2.41. The number of halogens is 1. The molecule has 0 aliphatic carbocycles. The molecule has 0 amide bonds. The summed E-state index contributed by atoms with van der Waals surface area (Å²) in [6.45, 7) is 8.45. The van der Waals surface area contributed by atoms with Crippen LogP contribution in [0.1, 0.15) is 38.7 Å². The SMILES string of the molecule is CCNC(=NCC1(OC)CCOCC1)NCCCc1ccc(OC)c(OCC)c1.I. The first-order valence-corrected chi connectivity index (χ1v) is 10.6. The van der Waals surface area contributed by atoms with Crippen molar-refractivity contribution in [1.29, 1.82) is 0 Å². The van der Waals surface area contributed by atoms with Crippen molar-refractivity contribution in [2.75, 3.05) is 53.7 Å². The van der Waals surface area contributed by atoms with E-state index in [0.717, 1.165) is 69.4 Å². The van der Waals surface area contributed by atoms with Gasteiger partial charge >= 0.3 is 0 Å². The van der Waals surface area contributed by atoms with Crippen LogP contribution in [-0.4, -0.2) is 65.2 Å². The fourth-order valence-electron chi connectivity index (χ4n) is 3.38. The second-order valence-corrected chi connectivity index (χ2v) is 7.14. The molecule has 0 saturated carbocycles. The lowest BCUT2D eigenvalue weighted by Crippen LogP contribution is -2.44. The Morgan fingerprint density at radius 2 is 1.90 bits per heavy atom. The van der Waals surface area contributed by atoms with Crippen LogP contribution in [0.25, 0.3) is 0 Å². The number of nitrogens with one attached hydrogen (secondary N) is 2. The number of hydrogen-bond donors (Lipinski definition) is 2. The molecule has 2 N–H and O–H groups in total. The average Bonchev–Trinajstić information content (AvgIpc) is 2.76. The van der Waals surface area contributed by atoms with Crippen molar-refractivity contribution in [1.82, 2.24) is 10.6 Å². The molecule has 0 radical (unpaired) electrons. The van der Waals surface area contributed by atoms with E-state index in [9.17, 15) is 0 Å². The number of rotatable bonds is 11. The van der Waals surface area contributed by atoms with E-state index >= 15 is 0 Å². The summed E-state index contributed by atoms with van der Waals surface area (Å²) in [7, 11) is 3.43. The smallest absolute Gasteiger partial charge is 0.191 e. The summed E-state index contributed by atoms with van der Waals surface area (Å²) in [5.41, 5.74) is 1.03. The number of benzene rings is 1. The quantitative estimate of drug-likeness (QED) is 0.196. The van der Waals surface area contributed by atoms with E-state index in [1.54, 1.807) is 14.2 Å². The van der Waals surface area contributed by atoms with Crippen molar-refractivity contribution < 1.29 is 18.9 Å². The van der Waals surface area contributed by atoms with Gasteiger partial charge in [-0.25, -0.2) is 0 Å². The Hall–Kier alpha value is -1.26. The highest BCUT2D eigenvalue weighted by Crippen LogP contribution is 2.28. The van der Waals surface area contributed by atoms with Gasteiger partial charge in [-0.1, -0.05) is 6.07 Å². The topological polar surface area (TPSA) is 73.3 Å². The highest BCUT2D eigenvalue weighted by Gasteiger charge is 2.32. The second kappa shape index (κ2) is 14.7. The Morgan fingerprint density at radius 3 is 2.53 bits per heavy atom. The maximum absolute atomic E-state index is 5.78. The van der Waals surface area contributed by atoms with Crippen LogP contribution in [-0.2, 0) is 15.9 Å². The number of guanidine groups is 1. The summed E-state index contributed by atoms with van der Waals surface area (Å²) in [5, 5.41) is 6.75. The van der Waals surface area contributed by atoms with E-state index in [0.29, 0.717) is 13.2 Å². The molecular weight excluding hydrogens is 497 g/mol. The van der Waals surface area contributed by atoms with Crippen LogP contribution in [0.4, 0.5) is 0 Å². The van der Waals surface area contributed by atoms with Gasteiger partial charge in [-0.3, -0.25) is 4.99 Å². The molecule has 0 spiro atoms. The Morgan fingerprint density at radius 1 is 1.13 bits per heavy atom. The second-order valence-electron chi connectivity index (χ2n) is 7.14. The third kappa shape index (κ3) is 8.47. The molecule has 1 heterocycles. The van der Waals surface area contributed by atoms with Crippen LogP contribution in [0, 0.1) is 0 Å². The molecule has 1 aliphatic heterocycles. The largest absolute Gasteiger partial charge is 0.493 e. The molecule has 2 rings (SSSR count). The lowest BCUT2D eigenvalue weighted by atomic mass is 9.94. The van der Waals surface area contributed by atoms with Gasteiger partial charge in [-0.15, -0.1) is 24.0 Å².